The van der Waals surface area contributed by atoms with Crippen molar-refractivity contribution in [2.45, 2.75) is 134 Å². The summed E-state index contributed by atoms with van der Waals surface area (Å²) in [7, 11) is 3.31. The van der Waals surface area contributed by atoms with Crippen LogP contribution in [0.1, 0.15) is 83.3 Å². The van der Waals surface area contributed by atoms with E-state index in [1.807, 2.05) is 0 Å². The Labute approximate surface area is 359 Å². The van der Waals surface area contributed by atoms with Crippen LogP contribution in [0.2, 0.25) is 0 Å². The summed E-state index contributed by atoms with van der Waals surface area (Å²) in [6.07, 6.45) is 2.46. The number of aromatic nitrogens is 2. The quantitative estimate of drug-likeness (QED) is 0.0840. The summed E-state index contributed by atoms with van der Waals surface area (Å²) in [5.41, 5.74) is 3.25. The molecule has 2 saturated heterocycles. The van der Waals surface area contributed by atoms with Gasteiger partial charge in [-0.3, -0.25) is 19.2 Å². The van der Waals surface area contributed by atoms with Crippen molar-refractivity contribution in [2.24, 2.45) is 5.92 Å². The minimum absolute atomic E-state index is 0.0317. The Morgan fingerprint density at radius 1 is 0.710 bits per heavy atom. The molecule has 336 valence electrons. The number of halogens is 4. The molecule has 8 atom stereocenters. The highest BCUT2D eigenvalue weighted by Gasteiger charge is 2.43. The van der Waals surface area contributed by atoms with Crippen LogP contribution in [0.15, 0.2) is 36.4 Å². The highest BCUT2D eigenvalue weighted by Crippen LogP contribution is 2.40. The van der Waals surface area contributed by atoms with Crippen molar-refractivity contribution < 1.29 is 36.7 Å². The second-order valence-electron chi connectivity index (χ2n) is 17.6. The van der Waals surface area contributed by atoms with Crippen molar-refractivity contribution >= 4 is 45.4 Å². The Balaban J connectivity index is 1.27. The van der Waals surface area contributed by atoms with Crippen LogP contribution in [0.5, 0.6) is 0 Å². The third kappa shape index (κ3) is 9.36. The maximum Gasteiger partial charge on any atom is 0.245 e. The van der Waals surface area contributed by atoms with Crippen molar-refractivity contribution in [3.05, 3.63) is 59.2 Å². The number of hydrogen-bond donors (Lipinski definition) is 6. The number of aromatic amines is 2. The fraction of sp³-hybridized carbons (Fsp3) is 0.565. The van der Waals surface area contributed by atoms with Crippen LogP contribution >= 0.6 is 0 Å². The number of nitrogens with zero attached hydrogens (tertiary/aromatic N) is 2. The van der Waals surface area contributed by atoms with E-state index in [-0.39, 0.29) is 68.8 Å². The van der Waals surface area contributed by atoms with Crippen molar-refractivity contribution in [1.29, 1.82) is 0 Å². The van der Waals surface area contributed by atoms with Gasteiger partial charge >= 0.3 is 0 Å². The number of carbonyl (C=O) groups is 4. The molecule has 4 heterocycles. The third-order valence-corrected chi connectivity index (χ3v) is 13.5. The van der Waals surface area contributed by atoms with E-state index < -0.39 is 66.1 Å². The molecule has 0 bridgehead atoms. The minimum Gasteiger partial charge on any atom is -0.353 e. The molecule has 6 N–H and O–H groups in total. The first kappa shape index (κ1) is 45.1. The number of nitrogens with one attached hydrogen (secondary N) is 6. The predicted octanol–water partition coefficient (Wildman–Crippen LogP) is 5.73. The van der Waals surface area contributed by atoms with Crippen molar-refractivity contribution in [3.8, 4) is 11.4 Å². The summed E-state index contributed by atoms with van der Waals surface area (Å²) >= 11 is 0. The number of H-pyrrole nitrogens is 2. The van der Waals surface area contributed by atoms with Gasteiger partial charge in [0, 0.05) is 46.7 Å². The Bertz CT molecular complexity index is 2280. The molecule has 3 aliphatic rings. The predicted molar refractivity (Wildman–Crippen MR) is 231 cm³/mol. The molecule has 4 aromatic rings. The zero-order chi connectivity index (χ0) is 44.4. The number of amides is 4. The lowest BCUT2D eigenvalue weighted by Gasteiger charge is -2.35. The Morgan fingerprint density at radius 2 is 1.18 bits per heavy atom. The summed E-state index contributed by atoms with van der Waals surface area (Å²) in [5, 5.41) is 12.9. The van der Waals surface area contributed by atoms with Gasteiger partial charge in [0.1, 0.15) is 36.1 Å². The minimum atomic E-state index is -1.32. The van der Waals surface area contributed by atoms with E-state index in [9.17, 15) is 28.0 Å². The molecule has 3 fully saturated rings. The van der Waals surface area contributed by atoms with E-state index in [0.717, 1.165) is 32.1 Å². The van der Waals surface area contributed by atoms with Gasteiger partial charge in [0.15, 0.2) is 0 Å². The van der Waals surface area contributed by atoms with Crippen LogP contribution in [-0.2, 0) is 32.0 Å². The number of carbonyl (C=O) groups excluding carboxylic acids is 4. The number of fused-ring (bicyclic) bond motifs is 2. The van der Waals surface area contributed by atoms with Gasteiger partial charge in [0.2, 0.25) is 23.6 Å². The zero-order valence-electron chi connectivity index (χ0n) is 36.2. The van der Waals surface area contributed by atoms with E-state index in [2.05, 4.69) is 31.2 Å². The number of alkyl halides is 2. The number of likely N-dealkylation sites (tertiary alicyclic amines) is 2. The molecule has 2 aromatic heterocycles. The largest absolute Gasteiger partial charge is 0.353 e. The van der Waals surface area contributed by atoms with Crippen LogP contribution in [0.3, 0.4) is 0 Å². The van der Waals surface area contributed by atoms with E-state index in [1.54, 1.807) is 51.9 Å². The lowest BCUT2D eigenvalue weighted by atomic mass is 9.83. The highest BCUT2D eigenvalue weighted by atomic mass is 19.1. The highest BCUT2D eigenvalue weighted by molar-refractivity contribution is 5.97. The first-order chi connectivity index (χ1) is 29.7. The summed E-state index contributed by atoms with van der Waals surface area (Å²) in [5.74, 6) is -2.49. The molecule has 16 heteroatoms. The Morgan fingerprint density at radius 3 is 1.65 bits per heavy atom. The molecule has 1 saturated carbocycles. The van der Waals surface area contributed by atoms with E-state index >= 15 is 8.78 Å². The summed E-state index contributed by atoms with van der Waals surface area (Å²) in [6, 6.07) is 4.57. The molecule has 0 spiro atoms. The van der Waals surface area contributed by atoms with E-state index in [1.165, 1.54) is 29.2 Å². The molecular weight excluding hydrogens is 805 g/mol. The fourth-order valence-corrected chi connectivity index (χ4v) is 9.83. The van der Waals surface area contributed by atoms with Crippen LogP contribution in [-0.4, -0.2) is 119 Å². The summed E-state index contributed by atoms with van der Waals surface area (Å²) in [6.45, 7) is 4.87. The lowest BCUT2D eigenvalue weighted by Crippen LogP contribution is -2.56. The summed E-state index contributed by atoms with van der Waals surface area (Å²) < 4.78 is 60.9. The molecule has 0 radical (unpaired) electrons. The summed E-state index contributed by atoms with van der Waals surface area (Å²) in [4.78, 5) is 64.6. The molecule has 62 heavy (non-hydrogen) atoms. The molecule has 0 unspecified atom stereocenters. The molecular formula is C46H60F4N8O4. The van der Waals surface area contributed by atoms with Crippen LogP contribution < -0.4 is 21.3 Å². The lowest BCUT2D eigenvalue weighted by molar-refractivity contribution is -0.139. The average molecular weight is 865 g/mol. The van der Waals surface area contributed by atoms with Crippen molar-refractivity contribution in [1.82, 2.24) is 41.0 Å². The van der Waals surface area contributed by atoms with Gasteiger partial charge in [-0.25, -0.2) is 17.6 Å². The van der Waals surface area contributed by atoms with Crippen LogP contribution in [0.25, 0.3) is 33.2 Å². The Hall–Kier alpha value is -4.96. The van der Waals surface area contributed by atoms with Crippen molar-refractivity contribution in [3.63, 3.8) is 0 Å². The molecule has 2 aliphatic heterocycles. The van der Waals surface area contributed by atoms with Crippen LogP contribution in [0, 0.1) is 17.6 Å². The standard InChI is InChI=1S/C46H60F4N8O4/c1-6-37(55-43(59)24(2)51-4)45(61)57-22-29(49)16-31(57)20-35-33-14-12-27(47)18-38(33)53-41(35)42-36(34-15-13-28(48)19-39(34)54-42)21-32-17-30(50)23-58(32)46(62)40(26-10-8-7-9-11-26)56-44(60)25(3)52-5/h12-15,18-19,24-26,29-32,37,40,51-54H,6-11,16-17,20-23H2,1-5H3,(H,55,59)(H,56,60)/t24-,25-,29-,30-,31-,32-,37-,40-/m0/s1. The normalized spacial score (nSPS) is 22.9. The maximum absolute atomic E-state index is 15.7. The topological polar surface area (TPSA) is 154 Å². The van der Waals surface area contributed by atoms with Crippen LogP contribution in [0.4, 0.5) is 17.6 Å². The number of benzene rings is 2. The zero-order valence-corrected chi connectivity index (χ0v) is 36.2. The number of rotatable bonds is 15. The van der Waals surface area contributed by atoms with Gasteiger partial charge in [-0.2, -0.15) is 0 Å². The monoisotopic (exact) mass is 864 g/mol. The van der Waals surface area contributed by atoms with Crippen molar-refractivity contribution in [2.75, 3.05) is 27.2 Å². The van der Waals surface area contributed by atoms with Gasteiger partial charge in [-0.05, 0) is 113 Å². The average Bonchev–Trinajstić information content (AvgIpc) is 4.03. The molecule has 7 rings (SSSR count). The van der Waals surface area contributed by atoms with Gasteiger partial charge in [0.25, 0.3) is 0 Å². The first-order valence-electron chi connectivity index (χ1n) is 22.2. The van der Waals surface area contributed by atoms with E-state index in [4.69, 9.17) is 0 Å². The SMILES string of the molecule is CC[C@H](NC(=O)[C@H](C)NC)C(=O)N1C[C@@H](F)C[C@H]1Cc1c(-c2[nH]c3cc(F)ccc3c2C[C@@H]2C[C@H](F)CN2C(=O)[C@@H](NC(=O)[C@H](C)NC)C2CCCCC2)[nH]c2cc(F)ccc12. The molecule has 4 amide bonds. The Kier molecular flexibility index (Phi) is 14.0. The number of hydrogen-bond acceptors (Lipinski definition) is 6. The maximum atomic E-state index is 15.7. The molecule has 2 aromatic carbocycles. The second kappa shape index (κ2) is 19.2. The molecule has 12 nitrogen and oxygen atoms in total. The number of likely N-dealkylation sites (N-methyl/N-ethyl adjacent to an activating group) is 2. The first-order valence-corrected chi connectivity index (χ1v) is 22.2. The van der Waals surface area contributed by atoms with E-state index in [0.29, 0.717) is 44.3 Å². The fourth-order valence-electron chi connectivity index (χ4n) is 9.83. The second-order valence-corrected chi connectivity index (χ2v) is 17.6. The van der Waals surface area contributed by atoms with Gasteiger partial charge in [0.05, 0.1) is 36.6 Å². The van der Waals surface area contributed by atoms with Gasteiger partial charge in [-0.15, -0.1) is 0 Å². The van der Waals surface area contributed by atoms with Gasteiger partial charge < -0.3 is 41.0 Å². The molecule has 1 aliphatic carbocycles. The van der Waals surface area contributed by atoms with Gasteiger partial charge in [-0.1, -0.05) is 26.2 Å². The third-order valence-electron chi connectivity index (χ3n) is 13.5. The smallest absolute Gasteiger partial charge is 0.245 e.